The zero-order valence-electron chi connectivity index (χ0n) is 12.8. The van der Waals surface area contributed by atoms with Crippen molar-refractivity contribution in [3.8, 4) is 0 Å². The average molecular weight is 294 g/mol. The second kappa shape index (κ2) is 6.92. The fraction of sp³-hybridized carbons (Fsp3) is 0.688. The smallest absolute Gasteiger partial charge is 0.0966 e. The Kier molecular flexibility index (Phi) is 5.47. The van der Waals surface area contributed by atoms with E-state index in [0.29, 0.717) is 5.92 Å². The van der Waals surface area contributed by atoms with Gasteiger partial charge < -0.3 is 10.4 Å². The molecule has 1 aromatic rings. The Balaban J connectivity index is 2.04. The summed E-state index contributed by atoms with van der Waals surface area (Å²) in [6.45, 7) is 7.49. The summed E-state index contributed by atoms with van der Waals surface area (Å²) in [5.41, 5.74) is 2.19. The number of aryl methyl sites for hydroxylation is 2. The van der Waals surface area contributed by atoms with Crippen molar-refractivity contribution in [1.29, 1.82) is 0 Å². The van der Waals surface area contributed by atoms with Crippen molar-refractivity contribution >= 4 is 11.8 Å². The van der Waals surface area contributed by atoms with E-state index >= 15 is 0 Å². The highest BCUT2D eigenvalue weighted by molar-refractivity contribution is 7.99. The third-order valence-electron chi connectivity index (χ3n) is 3.92. The van der Waals surface area contributed by atoms with Gasteiger partial charge in [-0.15, -0.1) is 11.8 Å². The van der Waals surface area contributed by atoms with E-state index in [0.717, 1.165) is 29.4 Å². The summed E-state index contributed by atoms with van der Waals surface area (Å²) in [6, 6.07) is 4.23. The van der Waals surface area contributed by atoms with Crippen molar-refractivity contribution < 1.29 is 5.11 Å². The zero-order chi connectivity index (χ0) is 14.6. The lowest BCUT2D eigenvalue weighted by Crippen LogP contribution is -2.53. The van der Waals surface area contributed by atoms with Crippen molar-refractivity contribution in [1.82, 2.24) is 10.3 Å². The van der Waals surface area contributed by atoms with Crippen LogP contribution in [-0.4, -0.2) is 34.5 Å². The van der Waals surface area contributed by atoms with Gasteiger partial charge in [0.2, 0.25) is 0 Å². The number of hydrogen-bond donors (Lipinski definition) is 2. The molecule has 0 radical (unpaired) electrons. The quantitative estimate of drug-likeness (QED) is 0.724. The van der Waals surface area contributed by atoms with E-state index in [4.69, 9.17) is 0 Å². The molecular formula is C16H26N2OS. The highest BCUT2D eigenvalue weighted by atomic mass is 32.2. The molecule has 112 valence electrons. The van der Waals surface area contributed by atoms with Crippen molar-refractivity contribution in [3.63, 3.8) is 0 Å². The molecule has 0 aliphatic heterocycles. The molecule has 1 atom stereocenters. The van der Waals surface area contributed by atoms with Crippen LogP contribution in [-0.2, 0) is 0 Å². The fourth-order valence-electron chi connectivity index (χ4n) is 2.63. The summed E-state index contributed by atoms with van der Waals surface area (Å²) < 4.78 is 0. The predicted molar refractivity (Wildman–Crippen MR) is 85.3 cm³/mol. The Labute approximate surface area is 126 Å². The zero-order valence-corrected chi connectivity index (χ0v) is 13.6. The molecule has 0 aromatic carbocycles. The fourth-order valence-corrected chi connectivity index (χ4v) is 3.95. The lowest BCUT2D eigenvalue weighted by atomic mass is 9.96. The minimum atomic E-state index is -0.125. The minimum absolute atomic E-state index is 0.125. The van der Waals surface area contributed by atoms with E-state index in [2.05, 4.69) is 36.3 Å². The highest BCUT2D eigenvalue weighted by Gasteiger charge is 2.44. The second-order valence-corrected chi connectivity index (χ2v) is 6.92. The summed E-state index contributed by atoms with van der Waals surface area (Å²) in [5.74, 6) is 1.52. The van der Waals surface area contributed by atoms with Gasteiger partial charge in [-0.3, -0.25) is 0 Å². The molecular weight excluding hydrogens is 268 g/mol. The highest BCUT2D eigenvalue weighted by Crippen LogP contribution is 2.42. The summed E-state index contributed by atoms with van der Waals surface area (Å²) >= 11 is 1.77. The van der Waals surface area contributed by atoms with Crippen molar-refractivity contribution in [3.05, 3.63) is 23.4 Å². The summed E-state index contributed by atoms with van der Waals surface area (Å²) in [5, 5.41) is 14.6. The molecule has 0 bridgehead atoms. The number of nitrogens with one attached hydrogen (secondary N) is 1. The average Bonchev–Trinajstić information content (AvgIpc) is 3.23. The molecule has 1 fully saturated rings. The molecule has 1 aromatic heterocycles. The monoisotopic (exact) mass is 294 g/mol. The van der Waals surface area contributed by atoms with Gasteiger partial charge in [0.25, 0.3) is 0 Å². The molecule has 1 unspecified atom stereocenters. The van der Waals surface area contributed by atoms with Gasteiger partial charge in [0.1, 0.15) is 0 Å². The normalized spacial score (nSPS) is 18.0. The van der Waals surface area contributed by atoms with Gasteiger partial charge in [-0.2, -0.15) is 0 Å². The van der Waals surface area contributed by atoms with Gasteiger partial charge in [-0.1, -0.05) is 6.92 Å². The van der Waals surface area contributed by atoms with Gasteiger partial charge in [0, 0.05) is 11.4 Å². The lowest BCUT2D eigenvalue weighted by Gasteiger charge is -2.33. The third-order valence-corrected chi connectivity index (χ3v) is 5.08. The van der Waals surface area contributed by atoms with Gasteiger partial charge in [0.05, 0.1) is 17.2 Å². The van der Waals surface area contributed by atoms with Crippen LogP contribution in [0.25, 0.3) is 0 Å². The third kappa shape index (κ3) is 3.96. The van der Waals surface area contributed by atoms with Crippen LogP contribution in [0.3, 0.4) is 0 Å². The topological polar surface area (TPSA) is 45.1 Å². The Hall–Kier alpha value is -0.580. The number of hydrogen-bond acceptors (Lipinski definition) is 4. The molecule has 3 nitrogen and oxygen atoms in total. The first kappa shape index (κ1) is 15.8. The predicted octanol–water partition coefficient (Wildman–Crippen LogP) is 2.93. The second-order valence-electron chi connectivity index (χ2n) is 5.93. The summed E-state index contributed by atoms with van der Waals surface area (Å²) in [7, 11) is 0. The van der Waals surface area contributed by atoms with Gasteiger partial charge in [-0.05, 0) is 63.3 Å². The standard InChI is InChI=1S/C16H26N2OS/c1-4-7-17-16(10-19,14-5-6-14)11-20-15-9-12(2)8-13(3)18-15/h8-9,14,17,19H,4-7,10-11H2,1-3H3. The maximum absolute atomic E-state index is 9.90. The molecule has 0 amide bonds. The number of aliphatic hydroxyl groups is 1. The maximum Gasteiger partial charge on any atom is 0.0966 e. The van der Waals surface area contributed by atoms with Crippen LogP contribution in [0, 0.1) is 19.8 Å². The van der Waals surface area contributed by atoms with Crippen molar-refractivity contribution in [2.24, 2.45) is 5.92 Å². The first-order valence-electron chi connectivity index (χ1n) is 7.53. The SMILES string of the molecule is CCCNC(CO)(CSc1cc(C)cc(C)n1)C1CC1. The molecule has 0 saturated heterocycles. The van der Waals surface area contributed by atoms with Crippen LogP contribution >= 0.6 is 11.8 Å². The molecule has 0 spiro atoms. The van der Waals surface area contributed by atoms with Crippen molar-refractivity contribution in [2.75, 3.05) is 18.9 Å². The molecule has 20 heavy (non-hydrogen) atoms. The van der Waals surface area contributed by atoms with Gasteiger partial charge in [0.15, 0.2) is 0 Å². The van der Waals surface area contributed by atoms with E-state index in [9.17, 15) is 5.11 Å². The van der Waals surface area contributed by atoms with E-state index in [1.165, 1.54) is 18.4 Å². The number of thioether (sulfide) groups is 1. The van der Waals surface area contributed by atoms with Crippen LogP contribution in [0.2, 0.25) is 0 Å². The van der Waals surface area contributed by atoms with E-state index in [-0.39, 0.29) is 12.1 Å². The Morgan fingerprint density at radius 3 is 2.70 bits per heavy atom. The van der Waals surface area contributed by atoms with Crippen LogP contribution in [0.1, 0.15) is 37.4 Å². The number of pyridine rings is 1. The first-order valence-corrected chi connectivity index (χ1v) is 8.52. The molecule has 2 N–H and O–H groups in total. The molecule has 1 heterocycles. The Morgan fingerprint density at radius 2 is 2.15 bits per heavy atom. The van der Waals surface area contributed by atoms with E-state index < -0.39 is 0 Å². The maximum atomic E-state index is 9.90. The van der Waals surface area contributed by atoms with Crippen LogP contribution in [0.5, 0.6) is 0 Å². The largest absolute Gasteiger partial charge is 0.394 e. The number of aromatic nitrogens is 1. The van der Waals surface area contributed by atoms with E-state index in [1.54, 1.807) is 11.8 Å². The molecule has 4 heteroatoms. The van der Waals surface area contributed by atoms with Crippen LogP contribution in [0.15, 0.2) is 17.2 Å². The molecule has 1 aliphatic carbocycles. The number of aliphatic hydroxyl groups excluding tert-OH is 1. The first-order chi connectivity index (χ1) is 9.59. The molecule has 1 aliphatic rings. The van der Waals surface area contributed by atoms with E-state index in [1.807, 2.05) is 6.92 Å². The van der Waals surface area contributed by atoms with Gasteiger partial charge >= 0.3 is 0 Å². The Morgan fingerprint density at radius 1 is 1.40 bits per heavy atom. The molecule has 2 rings (SSSR count). The number of nitrogens with zero attached hydrogens (tertiary/aromatic N) is 1. The summed E-state index contributed by atoms with van der Waals surface area (Å²) in [4.78, 5) is 4.58. The van der Waals surface area contributed by atoms with Crippen LogP contribution in [0.4, 0.5) is 0 Å². The number of rotatable bonds is 8. The van der Waals surface area contributed by atoms with Crippen LogP contribution < -0.4 is 5.32 Å². The Bertz CT molecular complexity index is 428. The summed E-state index contributed by atoms with van der Waals surface area (Å²) in [6.07, 6.45) is 3.57. The van der Waals surface area contributed by atoms with Gasteiger partial charge in [-0.25, -0.2) is 4.98 Å². The van der Waals surface area contributed by atoms with Crippen molar-refractivity contribution in [2.45, 2.75) is 50.6 Å². The molecule has 1 saturated carbocycles. The lowest BCUT2D eigenvalue weighted by molar-refractivity contribution is 0.159. The minimum Gasteiger partial charge on any atom is -0.394 e.